The van der Waals surface area contributed by atoms with Gasteiger partial charge in [-0.15, -0.1) is 0 Å². The maximum atomic E-state index is 11.5. The van der Waals surface area contributed by atoms with Crippen LogP contribution in [0.15, 0.2) is 29.2 Å². The predicted molar refractivity (Wildman–Crippen MR) is 78.2 cm³/mol. The van der Waals surface area contributed by atoms with E-state index in [-0.39, 0.29) is 0 Å². The third kappa shape index (κ3) is 3.48. The Hall–Kier alpha value is -1.07. The molecule has 0 amide bonds. The minimum absolute atomic E-state index is 0.378. The van der Waals surface area contributed by atoms with Crippen LogP contribution in [0.25, 0.3) is 0 Å². The van der Waals surface area contributed by atoms with Gasteiger partial charge in [0.05, 0.1) is 4.90 Å². The van der Waals surface area contributed by atoms with Crippen molar-refractivity contribution >= 4 is 15.5 Å². The molecule has 1 aliphatic rings. The van der Waals surface area contributed by atoms with Crippen LogP contribution in [0.4, 0.5) is 5.69 Å². The van der Waals surface area contributed by atoms with E-state index in [0.29, 0.717) is 17.5 Å². The van der Waals surface area contributed by atoms with Crippen molar-refractivity contribution in [1.82, 2.24) is 0 Å². The lowest BCUT2D eigenvalue weighted by Crippen LogP contribution is -2.41. The zero-order chi connectivity index (χ0) is 13.9. The summed E-state index contributed by atoms with van der Waals surface area (Å²) in [5.41, 5.74) is 6.69. The van der Waals surface area contributed by atoms with E-state index in [0.717, 1.165) is 18.7 Å². The van der Waals surface area contributed by atoms with Gasteiger partial charge >= 0.3 is 0 Å². The highest BCUT2D eigenvalue weighted by atomic mass is 32.2. The average Bonchev–Trinajstić information content (AvgIpc) is 2.31. The molecule has 0 aliphatic heterocycles. The largest absolute Gasteiger partial charge is 0.369 e. The number of nitrogens with zero attached hydrogens (tertiary/aromatic N) is 1. The topological polar surface area (TPSA) is 63.4 Å². The molecule has 1 aromatic carbocycles. The van der Waals surface area contributed by atoms with E-state index in [4.69, 9.17) is 5.73 Å². The zero-order valence-corrected chi connectivity index (χ0v) is 12.2. The summed E-state index contributed by atoms with van der Waals surface area (Å²) in [5, 5.41) is 0. The summed E-state index contributed by atoms with van der Waals surface area (Å²) >= 11 is 0. The maximum Gasteiger partial charge on any atom is 0.175 e. The molecule has 1 aliphatic carbocycles. The Balaban J connectivity index is 2.16. The molecule has 0 heterocycles. The molecule has 0 aromatic heterocycles. The van der Waals surface area contributed by atoms with Crippen molar-refractivity contribution in [2.75, 3.05) is 24.2 Å². The molecule has 0 bridgehead atoms. The van der Waals surface area contributed by atoms with Crippen molar-refractivity contribution in [3.63, 3.8) is 0 Å². The van der Waals surface area contributed by atoms with Gasteiger partial charge in [-0.1, -0.05) is 0 Å². The molecule has 5 heteroatoms. The van der Waals surface area contributed by atoms with Crippen molar-refractivity contribution in [3.8, 4) is 0 Å². The second-order valence-corrected chi connectivity index (χ2v) is 7.20. The molecule has 2 N–H and O–H groups in total. The van der Waals surface area contributed by atoms with Crippen LogP contribution in [0.3, 0.4) is 0 Å². The fraction of sp³-hybridized carbons (Fsp3) is 0.571. The van der Waals surface area contributed by atoms with Crippen LogP contribution in [0.1, 0.15) is 25.7 Å². The highest BCUT2D eigenvalue weighted by molar-refractivity contribution is 7.90. The van der Waals surface area contributed by atoms with Gasteiger partial charge in [0.15, 0.2) is 9.84 Å². The van der Waals surface area contributed by atoms with Crippen LogP contribution >= 0.6 is 0 Å². The van der Waals surface area contributed by atoms with Gasteiger partial charge in [-0.05, 0) is 56.5 Å². The second kappa shape index (κ2) is 5.92. The molecule has 0 radical (unpaired) electrons. The van der Waals surface area contributed by atoms with Gasteiger partial charge in [-0.25, -0.2) is 8.42 Å². The number of sulfone groups is 1. The molecule has 1 saturated carbocycles. The zero-order valence-electron chi connectivity index (χ0n) is 11.4. The smallest absolute Gasteiger partial charge is 0.175 e. The standard InChI is InChI=1S/C14H22N2O2S/c1-19(17,18)14-8-6-13(7-9-14)16(11-3-10-15)12-4-2-5-12/h6-9,12H,2-5,10-11,15H2,1H3. The first-order valence-electron chi connectivity index (χ1n) is 6.79. The first kappa shape index (κ1) is 14.3. The third-order valence-electron chi connectivity index (χ3n) is 3.72. The minimum Gasteiger partial charge on any atom is -0.369 e. The van der Waals surface area contributed by atoms with E-state index in [1.807, 2.05) is 12.1 Å². The van der Waals surface area contributed by atoms with Gasteiger partial charge in [0.1, 0.15) is 0 Å². The number of rotatable bonds is 6. The lowest BCUT2D eigenvalue weighted by Gasteiger charge is -2.39. The van der Waals surface area contributed by atoms with E-state index in [1.54, 1.807) is 12.1 Å². The van der Waals surface area contributed by atoms with Gasteiger partial charge < -0.3 is 10.6 Å². The van der Waals surface area contributed by atoms with E-state index in [2.05, 4.69) is 4.90 Å². The second-order valence-electron chi connectivity index (χ2n) is 5.19. The Morgan fingerprint density at radius 3 is 2.32 bits per heavy atom. The molecule has 1 fully saturated rings. The Kier molecular flexibility index (Phi) is 4.47. The van der Waals surface area contributed by atoms with Gasteiger partial charge in [0, 0.05) is 24.5 Å². The van der Waals surface area contributed by atoms with E-state index < -0.39 is 9.84 Å². The first-order chi connectivity index (χ1) is 9.02. The lowest BCUT2D eigenvalue weighted by atomic mass is 9.91. The van der Waals surface area contributed by atoms with Crippen molar-refractivity contribution in [2.24, 2.45) is 5.73 Å². The van der Waals surface area contributed by atoms with Gasteiger partial charge in [-0.3, -0.25) is 0 Å². The van der Waals surface area contributed by atoms with E-state index in [9.17, 15) is 8.42 Å². The number of benzene rings is 1. The lowest BCUT2D eigenvalue weighted by molar-refractivity contribution is 0.385. The number of hydrogen-bond acceptors (Lipinski definition) is 4. The molecular formula is C14H22N2O2S. The van der Waals surface area contributed by atoms with Crippen LogP contribution < -0.4 is 10.6 Å². The Morgan fingerprint density at radius 1 is 1.26 bits per heavy atom. The van der Waals surface area contributed by atoms with Crippen molar-refractivity contribution in [1.29, 1.82) is 0 Å². The molecule has 0 atom stereocenters. The fourth-order valence-electron chi connectivity index (χ4n) is 2.37. The number of nitrogens with two attached hydrogens (primary N) is 1. The normalized spacial score (nSPS) is 16.1. The summed E-state index contributed by atoms with van der Waals surface area (Å²) in [7, 11) is -3.11. The van der Waals surface area contributed by atoms with E-state index >= 15 is 0 Å². The minimum atomic E-state index is -3.11. The van der Waals surface area contributed by atoms with Crippen LogP contribution in [-0.4, -0.2) is 33.8 Å². The summed E-state index contributed by atoms with van der Waals surface area (Å²) in [5.74, 6) is 0. The molecule has 0 unspecified atom stereocenters. The van der Waals surface area contributed by atoms with Crippen LogP contribution in [0, 0.1) is 0 Å². The first-order valence-corrected chi connectivity index (χ1v) is 8.68. The van der Waals surface area contributed by atoms with Crippen molar-refractivity contribution in [2.45, 2.75) is 36.6 Å². The quantitative estimate of drug-likeness (QED) is 0.864. The molecular weight excluding hydrogens is 260 g/mol. The Morgan fingerprint density at radius 2 is 1.89 bits per heavy atom. The highest BCUT2D eigenvalue weighted by Crippen LogP contribution is 2.30. The predicted octanol–water partition coefficient (Wildman–Crippen LogP) is 1.80. The molecule has 19 heavy (non-hydrogen) atoms. The van der Waals surface area contributed by atoms with Crippen LogP contribution in [0.2, 0.25) is 0 Å². The maximum absolute atomic E-state index is 11.5. The van der Waals surface area contributed by atoms with Gasteiger partial charge in [0.25, 0.3) is 0 Å². The number of hydrogen-bond donors (Lipinski definition) is 1. The molecule has 0 spiro atoms. The molecule has 2 rings (SSSR count). The highest BCUT2D eigenvalue weighted by Gasteiger charge is 2.24. The van der Waals surface area contributed by atoms with Crippen LogP contribution in [0.5, 0.6) is 0 Å². The Labute approximate surface area is 115 Å². The van der Waals surface area contributed by atoms with Crippen molar-refractivity contribution < 1.29 is 8.42 Å². The summed E-state index contributed by atoms with van der Waals surface area (Å²) in [6.45, 7) is 1.63. The molecule has 0 saturated heterocycles. The van der Waals surface area contributed by atoms with Crippen LogP contribution in [-0.2, 0) is 9.84 Å². The molecule has 106 valence electrons. The Bertz CT molecular complexity index is 507. The average molecular weight is 282 g/mol. The fourth-order valence-corrected chi connectivity index (χ4v) is 3.00. The monoisotopic (exact) mass is 282 g/mol. The van der Waals surface area contributed by atoms with Gasteiger partial charge in [-0.2, -0.15) is 0 Å². The van der Waals surface area contributed by atoms with E-state index in [1.165, 1.54) is 25.5 Å². The summed E-state index contributed by atoms with van der Waals surface area (Å²) in [6, 6.07) is 7.80. The van der Waals surface area contributed by atoms with Crippen molar-refractivity contribution in [3.05, 3.63) is 24.3 Å². The summed E-state index contributed by atoms with van der Waals surface area (Å²) in [6.07, 6.45) is 5.92. The molecule has 1 aromatic rings. The third-order valence-corrected chi connectivity index (χ3v) is 4.84. The molecule has 4 nitrogen and oxygen atoms in total. The SMILES string of the molecule is CS(=O)(=O)c1ccc(N(CCCN)C2CCC2)cc1. The van der Waals surface area contributed by atoms with Gasteiger partial charge in [0.2, 0.25) is 0 Å². The number of anilines is 1. The summed E-state index contributed by atoms with van der Waals surface area (Å²) in [4.78, 5) is 2.74. The summed E-state index contributed by atoms with van der Waals surface area (Å²) < 4.78 is 22.9.